The molecule has 0 aliphatic rings. The fraction of sp³-hybridized carbons (Fsp3) is 0.381. The molecule has 5 heteroatoms. The number of carbonyl (C=O) groups is 1. The van der Waals surface area contributed by atoms with Crippen LogP contribution in [0.4, 0.5) is 4.39 Å². The lowest BCUT2D eigenvalue weighted by molar-refractivity contribution is -0.145. The van der Waals surface area contributed by atoms with Gasteiger partial charge in [-0.05, 0) is 47.0 Å². The fourth-order valence-electron chi connectivity index (χ4n) is 2.40. The van der Waals surface area contributed by atoms with Gasteiger partial charge in [0.05, 0.1) is 0 Å². The second-order valence-corrected chi connectivity index (χ2v) is 12.9. The number of hydrogen-bond donors (Lipinski definition) is 1. The van der Waals surface area contributed by atoms with E-state index in [1.54, 1.807) is 12.1 Å². The highest BCUT2D eigenvalue weighted by Gasteiger charge is 2.40. The minimum absolute atomic E-state index is 0.0485. The summed E-state index contributed by atoms with van der Waals surface area (Å²) in [5.74, 6) is -1.20. The molecular weight excluding hydrogens is 347 g/mol. The van der Waals surface area contributed by atoms with Crippen molar-refractivity contribution in [2.75, 3.05) is 0 Å². The highest BCUT2D eigenvalue weighted by Crippen LogP contribution is 2.37. The molecule has 0 aromatic heterocycles. The lowest BCUT2D eigenvalue weighted by Crippen LogP contribution is -2.46. The van der Waals surface area contributed by atoms with Crippen molar-refractivity contribution in [3.8, 4) is 11.1 Å². The monoisotopic (exact) mass is 374 g/mol. The number of carboxylic acid groups (broad SMARTS) is 1. The molecule has 26 heavy (non-hydrogen) atoms. The van der Waals surface area contributed by atoms with Crippen molar-refractivity contribution in [1.29, 1.82) is 0 Å². The van der Waals surface area contributed by atoms with E-state index >= 15 is 0 Å². The molecule has 0 saturated heterocycles. The molecule has 0 heterocycles. The van der Waals surface area contributed by atoms with Gasteiger partial charge >= 0.3 is 5.97 Å². The maximum Gasteiger partial charge on any atom is 0.331 e. The minimum Gasteiger partial charge on any atom is -0.479 e. The maximum absolute atomic E-state index is 13.0. The van der Waals surface area contributed by atoms with Gasteiger partial charge in [-0.2, -0.15) is 0 Å². The number of halogens is 1. The quantitative estimate of drug-likeness (QED) is 0.678. The third kappa shape index (κ3) is 5.02. The first-order valence-corrected chi connectivity index (χ1v) is 11.7. The first kappa shape index (κ1) is 20.3. The van der Waals surface area contributed by atoms with Crippen molar-refractivity contribution in [3.05, 3.63) is 59.9 Å². The third-order valence-electron chi connectivity index (χ3n) is 5.07. The molecule has 0 bridgehead atoms. The zero-order chi connectivity index (χ0) is 19.5. The number of hydrogen-bond acceptors (Lipinski definition) is 2. The summed E-state index contributed by atoms with van der Waals surface area (Å²) in [4.78, 5) is 11.7. The smallest absolute Gasteiger partial charge is 0.331 e. The summed E-state index contributed by atoms with van der Waals surface area (Å²) in [6.45, 7) is 10.4. The lowest BCUT2D eigenvalue weighted by Gasteiger charge is -2.38. The molecule has 0 radical (unpaired) electrons. The maximum atomic E-state index is 13.0. The zero-order valence-corrected chi connectivity index (χ0v) is 17.0. The first-order valence-electron chi connectivity index (χ1n) is 8.75. The molecule has 0 aliphatic heterocycles. The van der Waals surface area contributed by atoms with Gasteiger partial charge < -0.3 is 9.53 Å². The topological polar surface area (TPSA) is 46.5 Å². The van der Waals surface area contributed by atoms with Crippen LogP contribution in [0.3, 0.4) is 0 Å². The van der Waals surface area contributed by atoms with E-state index in [-0.39, 0.29) is 10.9 Å². The van der Waals surface area contributed by atoms with Crippen LogP contribution in [0.2, 0.25) is 18.1 Å². The van der Waals surface area contributed by atoms with E-state index in [1.807, 2.05) is 24.3 Å². The van der Waals surface area contributed by atoms with E-state index in [0.717, 1.165) is 16.7 Å². The van der Waals surface area contributed by atoms with E-state index in [9.17, 15) is 14.3 Å². The minimum atomic E-state index is -2.17. The normalized spacial score (nSPS) is 13.5. The van der Waals surface area contributed by atoms with Gasteiger partial charge in [0.25, 0.3) is 0 Å². The van der Waals surface area contributed by atoms with Crippen molar-refractivity contribution in [2.45, 2.75) is 51.4 Å². The number of rotatable bonds is 6. The zero-order valence-electron chi connectivity index (χ0n) is 16.0. The molecule has 0 aliphatic carbocycles. The Bertz CT molecular complexity index is 746. The highest BCUT2D eigenvalue weighted by atomic mass is 28.4. The Kier molecular flexibility index (Phi) is 6.04. The molecule has 1 atom stereocenters. The Morgan fingerprint density at radius 3 is 1.92 bits per heavy atom. The van der Waals surface area contributed by atoms with Crippen molar-refractivity contribution in [3.63, 3.8) is 0 Å². The SMILES string of the molecule is CC(C)(C)[Si](C)(C)OC(Cc1ccc(-c2ccc(F)cc2)cc1)C(=O)O. The van der Waals surface area contributed by atoms with Crippen LogP contribution in [0, 0.1) is 5.82 Å². The van der Waals surface area contributed by atoms with Crippen molar-refractivity contribution >= 4 is 14.3 Å². The van der Waals surface area contributed by atoms with Gasteiger partial charge in [0.15, 0.2) is 8.32 Å². The summed E-state index contributed by atoms with van der Waals surface area (Å²) in [5, 5.41) is 9.54. The van der Waals surface area contributed by atoms with Crippen LogP contribution >= 0.6 is 0 Å². The standard InChI is InChI=1S/C21H27FO3Si/c1-21(2,3)26(4,5)25-19(20(23)24)14-15-6-8-16(9-7-15)17-10-12-18(22)13-11-17/h6-13,19H,14H2,1-5H3,(H,23,24). The van der Waals surface area contributed by atoms with Crippen LogP contribution in [0.5, 0.6) is 0 Å². The molecule has 1 unspecified atom stereocenters. The summed E-state index contributed by atoms with van der Waals surface area (Å²) in [6, 6.07) is 14.0. The number of benzene rings is 2. The highest BCUT2D eigenvalue weighted by molar-refractivity contribution is 6.74. The Morgan fingerprint density at radius 1 is 1.04 bits per heavy atom. The van der Waals surface area contributed by atoms with Crippen LogP contribution in [0.15, 0.2) is 48.5 Å². The summed E-state index contributed by atoms with van der Waals surface area (Å²) >= 11 is 0. The van der Waals surface area contributed by atoms with E-state index in [1.165, 1.54) is 12.1 Å². The van der Waals surface area contributed by atoms with Crippen molar-refractivity contribution < 1.29 is 18.7 Å². The molecule has 3 nitrogen and oxygen atoms in total. The Hall–Kier alpha value is -1.98. The average Bonchev–Trinajstić information content (AvgIpc) is 2.54. The first-order chi connectivity index (χ1) is 12.0. The van der Waals surface area contributed by atoms with Crippen molar-refractivity contribution in [2.24, 2.45) is 0 Å². The van der Waals surface area contributed by atoms with Crippen LogP contribution in [0.1, 0.15) is 26.3 Å². The van der Waals surface area contributed by atoms with Crippen LogP contribution in [-0.2, 0) is 15.6 Å². The molecular formula is C21H27FO3Si. The summed E-state index contributed by atoms with van der Waals surface area (Å²) in [5.41, 5.74) is 2.79. The van der Waals surface area contributed by atoms with E-state index < -0.39 is 20.4 Å². The molecule has 2 rings (SSSR count). The van der Waals surface area contributed by atoms with Gasteiger partial charge in [0.1, 0.15) is 11.9 Å². The molecule has 0 fully saturated rings. The van der Waals surface area contributed by atoms with Crippen LogP contribution < -0.4 is 0 Å². The predicted molar refractivity (Wildman–Crippen MR) is 105 cm³/mol. The third-order valence-corrected chi connectivity index (χ3v) is 9.56. The van der Waals surface area contributed by atoms with E-state index in [4.69, 9.17) is 4.43 Å². The molecule has 0 amide bonds. The molecule has 1 N–H and O–H groups in total. The lowest BCUT2D eigenvalue weighted by atomic mass is 10.0. The second kappa shape index (κ2) is 7.72. The van der Waals surface area contributed by atoms with Gasteiger partial charge in [0.2, 0.25) is 0 Å². The van der Waals surface area contributed by atoms with E-state index in [0.29, 0.717) is 6.42 Å². The Balaban J connectivity index is 2.14. The summed E-state index contributed by atoms with van der Waals surface area (Å²) < 4.78 is 19.1. The van der Waals surface area contributed by atoms with Gasteiger partial charge in [-0.1, -0.05) is 57.2 Å². The molecule has 2 aromatic carbocycles. The summed E-state index contributed by atoms with van der Waals surface area (Å²) in [7, 11) is -2.17. The molecule has 0 saturated carbocycles. The average molecular weight is 375 g/mol. The number of aliphatic carboxylic acids is 1. The van der Waals surface area contributed by atoms with E-state index in [2.05, 4.69) is 33.9 Å². The predicted octanol–water partition coefficient (Wildman–Crippen LogP) is 5.51. The van der Waals surface area contributed by atoms with Gasteiger partial charge in [-0.3, -0.25) is 0 Å². The van der Waals surface area contributed by atoms with Crippen molar-refractivity contribution in [1.82, 2.24) is 0 Å². The van der Waals surface area contributed by atoms with Gasteiger partial charge in [0, 0.05) is 6.42 Å². The molecule has 2 aromatic rings. The summed E-state index contributed by atoms with van der Waals surface area (Å²) in [6.07, 6.45) is -0.529. The van der Waals surface area contributed by atoms with Crippen LogP contribution in [-0.4, -0.2) is 25.5 Å². The Morgan fingerprint density at radius 2 is 1.50 bits per heavy atom. The fourth-order valence-corrected chi connectivity index (χ4v) is 3.65. The van der Waals surface area contributed by atoms with Crippen LogP contribution in [0.25, 0.3) is 11.1 Å². The van der Waals surface area contributed by atoms with Gasteiger partial charge in [-0.15, -0.1) is 0 Å². The molecule has 140 valence electrons. The largest absolute Gasteiger partial charge is 0.479 e. The van der Waals surface area contributed by atoms with Gasteiger partial charge in [-0.25, -0.2) is 9.18 Å². The Labute approximate surface area is 156 Å². The second-order valence-electron chi connectivity index (χ2n) is 8.11. The molecule has 0 spiro atoms. The number of carboxylic acids is 1.